The first-order valence-corrected chi connectivity index (χ1v) is 8.27. The van der Waals surface area contributed by atoms with Crippen LogP contribution in [0, 0.1) is 0 Å². The van der Waals surface area contributed by atoms with Crippen molar-refractivity contribution in [2.75, 3.05) is 12.0 Å². The molecule has 90 valence electrons. The van der Waals surface area contributed by atoms with Crippen molar-refractivity contribution in [3.05, 3.63) is 32.7 Å². The van der Waals surface area contributed by atoms with Gasteiger partial charge in [0.1, 0.15) is 0 Å². The highest BCUT2D eigenvalue weighted by molar-refractivity contribution is 9.13. The van der Waals surface area contributed by atoms with Crippen molar-refractivity contribution in [1.29, 1.82) is 0 Å². The standard InChI is InChI=1S/C12H17Br2NS/c1-9(5-6-16-2)15-8-10-3-4-11(13)12(14)7-10/h3-4,7,9,15H,5-6,8H2,1-2H3. The van der Waals surface area contributed by atoms with Crippen molar-refractivity contribution in [3.63, 3.8) is 0 Å². The van der Waals surface area contributed by atoms with Gasteiger partial charge in [0, 0.05) is 21.5 Å². The maximum absolute atomic E-state index is 3.53. The highest BCUT2D eigenvalue weighted by Gasteiger charge is 2.02. The molecule has 0 aliphatic heterocycles. The second kappa shape index (κ2) is 7.75. The number of thioether (sulfide) groups is 1. The monoisotopic (exact) mass is 365 g/mol. The van der Waals surface area contributed by atoms with E-state index < -0.39 is 0 Å². The summed E-state index contributed by atoms with van der Waals surface area (Å²) in [6, 6.07) is 6.95. The maximum atomic E-state index is 3.53. The van der Waals surface area contributed by atoms with Crippen LogP contribution in [-0.2, 0) is 6.54 Å². The summed E-state index contributed by atoms with van der Waals surface area (Å²) in [7, 11) is 0. The average Bonchev–Trinajstić information content (AvgIpc) is 2.28. The topological polar surface area (TPSA) is 12.0 Å². The molecule has 0 aliphatic carbocycles. The number of rotatable bonds is 6. The van der Waals surface area contributed by atoms with Crippen LogP contribution in [-0.4, -0.2) is 18.1 Å². The summed E-state index contributed by atoms with van der Waals surface area (Å²) in [5.74, 6) is 1.22. The molecule has 0 radical (unpaired) electrons. The van der Waals surface area contributed by atoms with Gasteiger partial charge in [0.25, 0.3) is 0 Å². The van der Waals surface area contributed by atoms with Crippen LogP contribution in [0.25, 0.3) is 0 Å². The lowest BCUT2D eigenvalue weighted by atomic mass is 10.2. The molecule has 0 fully saturated rings. The first-order valence-electron chi connectivity index (χ1n) is 5.29. The Morgan fingerprint density at radius 2 is 2.06 bits per heavy atom. The van der Waals surface area contributed by atoms with Crippen LogP contribution in [0.5, 0.6) is 0 Å². The lowest BCUT2D eigenvalue weighted by Crippen LogP contribution is -2.25. The van der Waals surface area contributed by atoms with Crippen molar-refractivity contribution in [3.8, 4) is 0 Å². The van der Waals surface area contributed by atoms with Crippen LogP contribution in [0.1, 0.15) is 18.9 Å². The van der Waals surface area contributed by atoms with Gasteiger partial charge in [-0.2, -0.15) is 11.8 Å². The van der Waals surface area contributed by atoms with E-state index >= 15 is 0 Å². The molecule has 1 aromatic rings. The third-order valence-corrected chi connectivity index (χ3v) is 4.92. The maximum Gasteiger partial charge on any atom is 0.0320 e. The Morgan fingerprint density at radius 1 is 1.31 bits per heavy atom. The second-order valence-corrected chi connectivity index (χ2v) is 6.51. The fourth-order valence-electron chi connectivity index (χ4n) is 1.34. The SMILES string of the molecule is CSCCC(C)NCc1ccc(Br)c(Br)c1. The predicted octanol–water partition coefficient (Wildman–Crippen LogP) is 4.44. The summed E-state index contributed by atoms with van der Waals surface area (Å²) >= 11 is 8.89. The largest absolute Gasteiger partial charge is 0.310 e. The summed E-state index contributed by atoms with van der Waals surface area (Å²) in [5.41, 5.74) is 1.31. The van der Waals surface area contributed by atoms with E-state index in [4.69, 9.17) is 0 Å². The van der Waals surface area contributed by atoms with Crippen LogP contribution in [0.15, 0.2) is 27.1 Å². The number of hydrogen-bond acceptors (Lipinski definition) is 2. The van der Waals surface area contributed by atoms with E-state index in [9.17, 15) is 0 Å². The van der Waals surface area contributed by atoms with Crippen molar-refractivity contribution >= 4 is 43.6 Å². The molecular weight excluding hydrogens is 350 g/mol. The van der Waals surface area contributed by atoms with Crippen LogP contribution < -0.4 is 5.32 Å². The van der Waals surface area contributed by atoms with Crippen molar-refractivity contribution in [2.24, 2.45) is 0 Å². The lowest BCUT2D eigenvalue weighted by molar-refractivity contribution is 0.537. The minimum Gasteiger partial charge on any atom is -0.310 e. The summed E-state index contributed by atoms with van der Waals surface area (Å²) in [5, 5.41) is 3.53. The van der Waals surface area contributed by atoms with Gasteiger partial charge in [-0.3, -0.25) is 0 Å². The number of hydrogen-bond donors (Lipinski definition) is 1. The Bertz CT molecular complexity index is 331. The van der Waals surface area contributed by atoms with E-state index in [1.807, 2.05) is 11.8 Å². The molecule has 0 bridgehead atoms. The fourth-order valence-corrected chi connectivity index (χ4v) is 2.60. The molecule has 4 heteroatoms. The first-order chi connectivity index (χ1) is 7.63. The Morgan fingerprint density at radius 3 is 2.69 bits per heavy atom. The zero-order valence-corrected chi connectivity index (χ0v) is 13.6. The predicted molar refractivity (Wildman–Crippen MR) is 81.1 cm³/mol. The molecule has 0 saturated carbocycles. The van der Waals surface area contributed by atoms with Crippen molar-refractivity contribution < 1.29 is 0 Å². The van der Waals surface area contributed by atoms with Gasteiger partial charge in [-0.1, -0.05) is 6.07 Å². The minimum absolute atomic E-state index is 0.579. The minimum atomic E-state index is 0.579. The molecule has 0 saturated heterocycles. The second-order valence-electron chi connectivity index (χ2n) is 3.81. The van der Waals surface area contributed by atoms with Gasteiger partial charge in [0.15, 0.2) is 0 Å². The third kappa shape index (κ3) is 5.21. The summed E-state index contributed by atoms with van der Waals surface area (Å²) in [6.45, 7) is 3.17. The number of benzene rings is 1. The van der Waals surface area contributed by atoms with Gasteiger partial charge >= 0.3 is 0 Å². The Balaban J connectivity index is 2.39. The highest BCUT2D eigenvalue weighted by atomic mass is 79.9. The van der Waals surface area contributed by atoms with Gasteiger partial charge in [0.05, 0.1) is 0 Å². The summed E-state index contributed by atoms with van der Waals surface area (Å²) < 4.78 is 2.22. The van der Waals surface area contributed by atoms with Crippen molar-refractivity contribution in [1.82, 2.24) is 5.32 Å². The quantitative estimate of drug-likeness (QED) is 0.798. The summed E-state index contributed by atoms with van der Waals surface area (Å²) in [6.07, 6.45) is 3.37. The van der Waals surface area contributed by atoms with E-state index in [2.05, 4.69) is 68.6 Å². The van der Waals surface area contributed by atoms with E-state index in [1.54, 1.807) is 0 Å². The smallest absolute Gasteiger partial charge is 0.0320 e. The molecule has 1 rings (SSSR count). The molecule has 0 amide bonds. The summed E-state index contributed by atoms with van der Waals surface area (Å²) in [4.78, 5) is 0. The molecule has 0 heterocycles. The fraction of sp³-hybridized carbons (Fsp3) is 0.500. The molecule has 1 N–H and O–H groups in total. The zero-order chi connectivity index (χ0) is 12.0. The first kappa shape index (κ1) is 14.6. The zero-order valence-electron chi connectivity index (χ0n) is 9.59. The average molecular weight is 367 g/mol. The molecule has 1 nitrogen and oxygen atoms in total. The van der Waals surface area contributed by atoms with Crippen LogP contribution in [0.2, 0.25) is 0 Å². The van der Waals surface area contributed by atoms with Gasteiger partial charge in [-0.25, -0.2) is 0 Å². The molecule has 1 unspecified atom stereocenters. The van der Waals surface area contributed by atoms with E-state index in [0.29, 0.717) is 6.04 Å². The third-order valence-electron chi connectivity index (χ3n) is 2.39. The molecular formula is C12H17Br2NS. The van der Waals surface area contributed by atoms with Crippen LogP contribution in [0.4, 0.5) is 0 Å². The van der Waals surface area contributed by atoms with Crippen LogP contribution >= 0.6 is 43.6 Å². The van der Waals surface area contributed by atoms with Gasteiger partial charge in [0.2, 0.25) is 0 Å². The highest BCUT2D eigenvalue weighted by Crippen LogP contribution is 2.23. The molecule has 0 spiro atoms. The molecule has 0 aliphatic rings. The number of halogens is 2. The Hall–Kier alpha value is 0.490. The van der Waals surface area contributed by atoms with E-state index in [0.717, 1.165) is 15.5 Å². The number of nitrogens with one attached hydrogen (secondary N) is 1. The molecule has 1 atom stereocenters. The Labute approximate surface area is 119 Å². The molecule has 16 heavy (non-hydrogen) atoms. The van der Waals surface area contributed by atoms with E-state index in [1.165, 1.54) is 17.7 Å². The van der Waals surface area contributed by atoms with Gasteiger partial charge < -0.3 is 5.32 Å². The lowest BCUT2D eigenvalue weighted by Gasteiger charge is -2.13. The van der Waals surface area contributed by atoms with Crippen molar-refractivity contribution in [2.45, 2.75) is 25.9 Å². The van der Waals surface area contributed by atoms with Crippen LogP contribution in [0.3, 0.4) is 0 Å². The molecule has 0 aromatic heterocycles. The normalized spacial score (nSPS) is 12.8. The molecule has 1 aromatic carbocycles. The van der Waals surface area contributed by atoms with Gasteiger partial charge in [-0.15, -0.1) is 0 Å². The van der Waals surface area contributed by atoms with Gasteiger partial charge in [-0.05, 0) is 74.9 Å². The Kier molecular flexibility index (Phi) is 7.04. The van der Waals surface area contributed by atoms with E-state index in [-0.39, 0.29) is 0 Å².